The number of amides is 1. The summed E-state index contributed by atoms with van der Waals surface area (Å²) in [7, 11) is 0. The SMILES string of the molecule is O=C(CSc1nnc(-c2ccc(Cl)cc2)n1-c1ccccc1)Nc1ccc(F)c(F)c1. The van der Waals surface area contributed by atoms with E-state index in [1.807, 2.05) is 47.0 Å². The van der Waals surface area contributed by atoms with Gasteiger partial charge in [0.15, 0.2) is 22.6 Å². The summed E-state index contributed by atoms with van der Waals surface area (Å²) in [6.07, 6.45) is 0. The summed E-state index contributed by atoms with van der Waals surface area (Å²) in [5, 5.41) is 12.2. The number of carbonyl (C=O) groups is 1. The van der Waals surface area contributed by atoms with Gasteiger partial charge >= 0.3 is 0 Å². The smallest absolute Gasteiger partial charge is 0.234 e. The molecule has 0 saturated heterocycles. The van der Waals surface area contributed by atoms with Crippen LogP contribution in [0.5, 0.6) is 0 Å². The fraction of sp³-hybridized carbons (Fsp3) is 0.0455. The van der Waals surface area contributed by atoms with Crippen LogP contribution < -0.4 is 5.32 Å². The Morgan fingerprint density at radius 2 is 1.71 bits per heavy atom. The molecule has 0 atom stereocenters. The molecule has 4 aromatic rings. The summed E-state index contributed by atoms with van der Waals surface area (Å²) in [5.74, 6) is -1.78. The Labute approximate surface area is 186 Å². The highest BCUT2D eigenvalue weighted by molar-refractivity contribution is 7.99. The summed E-state index contributed by atoms with van der Waals surface area (Å²) in [5.41, 5.74) is 1.83. The van der Waals surface area contributed by atoms with Crippen LogP contribution in [0, 0.1) is 11.6 Å². The molecule has 4 rings (SSSR count). The quantitative estimate of drug-likeness (QED) is 0.384. The molecule has 0 aliphatic carbocycles. The van der Waals surface area contributed by atoms with Gasteiger partial charge in [0.25, 0.3) is 0 Å². The molecule has 5 nitrogen and oxygen atoms in total. The van der Waals surface area contributed by atoms with Gasteiger partial charge in [-0.2, -0.15) is 0 Å². The van der Waals surface area contributed by atoms with Crippen molar-refractivity contribution in [2.75, 3.05) is 11.1 Å². The number of hydrogen-bond acceptors (Lipinski definition) is 4. The molecule has 3 aromatic carbocycles. The molecular formula is C22H15ClF2N4OS. The van der Waals surface area contributed by atoms with E-state index in [0.717, 1.165) is 23.4 Å². The number of thioether (sulfide) groups is 1. The van der Waals surface area contributed by atoms with Crippen LogP contribution in [0.1, 0.15) is 0 Å². The number of benzene rings is 3. The van der Waals surface area contributed by atoms with Gasteiger partial charge in [0, 0.05) is 28.0 Å². The van der Waals surface area contributed by atoms with Crippen LogP contribution in [0.3, 0.4) is 0 Å². The summed E-state index contributed by atoms with van der Waals surface area (Å²) in [6, 6.07) is 19.9. The first-order valence-corrected chi connectivity index (χ1v) is 10.5. The van der Waals surface area contributed by atoms with Gasteiger partial charge in [-0.05, 0) is 48.5 Å². The van der Waals surface area contributed by atoms with Crippen LogP contribution in [0.2, 0.25) is 5.02 Å². The lowest BCUT2D eigenvalue weighted by atomic mass is 10.2. The van der Waals surface area contributed by atoms with Crippen molar-refractivity contribution < 1.29 is 13.6 Å². The van der Waals surface area contributed by atoms with E-state index in [4.69, 9.17) is 11.6 Å². The van der Waals surface area contributed by atoms with Gasteiger partial charge in [0.1, 0.15) is 0 Å². The van der Waals surface area contributed by atoms with E-state index in [-0.39, 0.29) is 17.3 Å². The molecule has 1 amide bonds. The molecule has 9 heteroatoms. The van der Waals surface area contributed by atoms with Crippen LogP contribution in [0.15, 0.2) is 78.0 Å². The molecule has 0 bridgehead atoms. The van der Waals surface area contributed by atoms with E-state index in [0.29, 0.717) is 16.0 Å². The Bertz CT molecular complexity index is 1220. The molecule has 0 spiro atoms. The highest BCUT2D eigenvalue weighted by Crippen LogP contribution is 2.28. The number of nitrogens with zero attached hydrogens (tertiary/aromatic N) is 3. The van der Waals surface area contributed by atoms with Crippen LogP contribution in [-0.2, 0) is 4.79 Å². The van der Waals surface area contributed by atoms with Crippen molar-refractivity contribution in [1.82, 2.24) is 14.8 Å². The molecule has 0 saturated carbocycles. The molecule has 1 heterocycles. The summed E-state index contributed by atoms with van der Waals surface area (Å²) < 4.78 is 28.3. The predicted molar refractivity (Wildman–Crippen MR) is 118 cm³/mol. The van der Waals surface area contributed by atoms with Gasteiger partial charge in [-0.3, -0.25) is 9.36 Å². The predicted octanol–water partition coefficient (Wildman–Crippen LogP) is 5.60. The maximum Gasteiger partial charge on any atom is 0.234 e. The third-order valence-electron chi connectivity index (χ3n) is 4.29. The van der Waals surface area contributed by atoms with E-state index in [1.165, 1.54) is 17.8 Å². The van der Waals surface area contributed by atoms with E-state index in [1.54, 1.807) is 12.1 Å². The topological polar surface area (TPSA) is 59.8 Å². The summed E-state index contributed by atoms with van der Waals surface area (Å²) >= 11 is 7.17. The molecule has 0 aliphatic rings. The molecule has 0 aliphatic heterocycles. The van der Waals surface area contributed by atoms with Gasteiger partial charge in [-0.25, -0.2) is 8.78 Å². The Balaban J connectivity index is 1.57. The fourth-order valence-electron chi connectivity index (χ4n) is 2.86. The number of hydrogen-bond donors (Lipinski definition) is 1. The number of aromatic nitrogens is 3. The molecular weight excluding hydrogens is 442 g/mol. The van der Waals surface area contributed by atoms with Gasteiger partial charge < -0.3 is 5.32 Å². The van der Waals surface area contributed by atoms with Crippen molar-refractivity contribution >= 4 is 35.0 Å². The second-order valence-electron chi connectivity index (χ2n) is 6.45. The standard InChI is InChI=1S/C22H15ClF2N4OS/c23-15-8-6-14(7-9-15)21-27-28-22(29(21)17-4-2-1-3-5-17)31-13-20(30)26-16-10-11-18(24)19(25)12-16/h1-12H,13H2,(H,26,30). The van der Waals surface area contributed by atoms with Crippen molar-refractivity contribution in [2.24, 2.45) is 0 Å². The minimum atomic E-state index is -1.03. The lowest BCUT2D eigenvalue weighted by molar-refractivity contribution is -0.113. The number of halogens is 3. The number of carbonyl (C=O) groups excluding carboxylic acids is 1. The normalized spacial score (nSPS) is 10.8. The van der Waals surface area contributed by atoms with E-state index >= 15 is 0 Å². The lowest BCUT2D eigenvalue weighted by Crippen LogP contribution is -2.14. The number of nitrogens with one attached hydrogen (secondary N) is 1. The zero-order chi connectivity index (χ0) is 21.8. The molecule has 31 heavy (non-hydrogen) atoms. The molecule has 1 N–H and O–H groups in total. The van der Waals surface area contributed by atoms with Crippen LogP contribution >= 0.6 is 23.4 Å². The van der Waals surface area contributed by atoms with Crippen molar-refractivity contribution in [3.63, 3.8) is 0 Å². The second-order valence-corrected chi connectivity index (χ2v) is 7.83. The summed E-state index contributed by atoms with van der Waals surface area (Å²) in [6.45, 7) is 0. The molecule has 0 fully saturated rings. The number of para-hydroxylation sites is 1. The zero-order valence-corrected chi connectivity index (χ0v) is 17.5. The average Bonchev–Trinajstić information content (AvgIpc) is 3.20. The third-order valence-corrected chi connectivity index (χ3v) is 5.47. The minimum Gasteiger partial charge on any atom is -0.325 e. The van der Waals surface area contributed by atoms with Crippen molar-refractivity contribution in [2.45, 2.75) is 5.16 Å². The zero-order valence-electron chi connectivity index (χ0n) is 15.9. The lowest BCUT2D eigenvalue weighted by Gasteiger charge is -2.10. The highest BCUT2D eigenvalue weighted by atomic mass is 35.5. The maximum absolute atomic E-state index is 13.3. The van der Waals surface area contributed by atoms with Gasteiger partial charge in [-0.1, -0.05) is 41.6 Å². The monoisotopic (exact) mass is 456 g/mol. The molecule has 1 aromatic heterocycles. The third kappa shape index (κ3) is 4.92. The minimum absolute atomic E-state index is 0.00454. The van der Waals surface area contributed by atoms with Crippen molar-refractivity contribution in [3.8, 4) is 17.1 Å². The van der Waals surface area contributed by atoms with Crippen molar-refractivity contribution in [1.29, 1.82) is 0 Å². The van der Waals surface area contributed by atoms with Crippen LogP contribution in [0.25, 0.3) is 17.1 Å². The Hall–Kier alpha value is -3.23. The molecule has 0 radical (unpaired) electrons. The van der Waals surface area contributed by atoms with E-state index < -0.39 is 11.6 Å². The molecule has 156 valence electrons. The Kier molecular flexibility index (Phi) is 6.29. The Morgan fingerprint density at radius 3 is 2.42 bits per heavy atom. The average molecular weight is 457 g/mol. The first-order chi connectivity index (χ1) is 15.0. The number of anilines is 1. The Morgan fingerprint density at radius 1 is 0.968 bits per heavy atom. The van der Waals surface area contributed by atoms with Gasteiger partial charge in [-0.15, -0.1) is 10.2 Å². The molecule has 0 unspecified atom stereocenters. The number of rotatable bonds is 6. The van der Waals surface area contributed by atoms with Crippen LogP contribution in [0.4, 0.5) is 14.5 Å². The highest BCUT2D eigenvalue weighted by Gasteiger charge is 2.17. The largest absolute Gasteiger partial charge is 0.325 e. The second kappa shape index (κ2) is 9.28. The van der Waals surface area contributed by atoms with Crippen LogP contribution in [-0.4, -0.2) is 26.4 Å². The van der Waals surface area contributed by atoms with Gasteiger partial charge in [0.05, 0.1) is 5.75 Å². The van der Waals surface area contributed by atoms with Crippen molar-refractivity contribution in [3.05, 3.63) is 89.5 Å². The first-order valence-electron chi connectivity index (χ1n) is 9.16. The van der Waals surface area contributed by atoms with E-state index in [2.05, 4.69) is 15.5 Å². The maximum atomic E-state index is 13.3. The summed E-state index contributed by atoms with van der Waals surface area (Å²) in [4.78, 5) is 12.3. The van der Waals surface area contributed by atoms with E-state index in [9.17, 15) is 13.6 Å². The fourth-order valence-corrected chi connectivity index (χ4v) is 3.74. The first kappa shape index (κ1) is 21.0. The van der Waals surface area contributed by atoms with Gasteiger partial charge in [0.2, 0.25) is 5.91 Å².